The largest absolute Gasteiger partial charge is 0.573 e. The molecule has 172 valence electrons. The summed E-state index contributed by atoms with van der Waals surface area (Å²) in [4.78, 5) is 25.8. The van der Waals surface area contributed by atoms with Crippen molar-refractivity contribution in [3.05, 3.63) is 59.2 Å². The van der Waals surface area contributed by atoms with Gasteiger partial charge in [-0.25, -0.2) is 0 Å². The summed E-state index contributed by atoms with van der Waals surface area (Å²) < 4.78 is 41.5. The van der Waals surface area contributed by atoms with E-state index in [0.29, 0.717) is 43.6 Å². The quantitative estimate of drug-likeness (QED) is 0.424. The molecule has 32 heavy (non-hydrogen) atoms. The second-order valence-electron chi connectivity index (χ2n) is 7.80. The molecule has 1 aliphatic rings. The van der Waals surface area contributed by atoms with Gasteiger partial charge in [0.2, 0.25) is 5.91 Å². The molecule has 1 aliphatic heterocycles. The van der Waals surface area contributed by atoms with Gasteiger partial charge in [-0.05, 0) is 74.2 Å². The molecular weight excluding hydrogens is 421 g/mol. The normalized spacial score (nSPS) is 13.2. The van der Waals surface area contributed by atoms with Gasteiger partial charge < -0.3 is 15.0 Å². The number of unbranched alkanes of at least 4 members (excludes halogenated alkanes) is 1. The van der Waals surface area contributed by atoms with Gasteiger partial charge in [0.25, 0.3) is 0 Å². The van der Waals surface area contributed by atoms with Gasteiger partial charge in [0.1, 0.15) is 5.75 Å². The first kappa shape index (κ1) is 23.8. The summed E-state index contributed by atoms with van der Waals surface area (Å²) in [6.07, 6.45) is -1.60. The summed E-state index contributed by atoms with van der Waals surface area (Å²) in [5.41, 5.74) is 3.08. The van der Waals surface area contributed by atoms with E-state index in [0.717, 1.165) is 30.5 Å². The lowest BCUT2D eigenvalue weighted by Crippen LogP contribution is -2.25. The van der Waals surface area contributed by atoms with Crippen LogP contribution in [0.3, 0.4) is 0 Å². The number of benzene rings is 2. The van der Waals surface area contributed by atoms with Crippen molar-refractivity contribution < 1.29 is 27.5 Å². The number of Topliss-reactive ketones (excluding diaryl/α,β-unsaturated/α-hetero) is 1. The van der Waals surface area contributed by atoms with Crippen molar-refractivity contribution >= 4 is 17.4 Å². The predicted molar refractivity (Wildman–Crippen MR) is 116 cm³/mol. The van der Waals surface area contributed by atoms with Crippen LogP contribution in [0.25, 0.3) is 0 Å². The van der Waals surface area contributed by atoms with Crippen molar-refractivity contribution in [1.29, 1.82) is 0 Å². The Labute approximate surface area is 185 Å². The molecule has 1 heterocycles. The summed E-state index contributed by atoms with van der Waals surface area (Å²) >= 11 is 0. The lowest BCUT2D eigenvalue weighted by atomic mass is 10.0. The number of fused-ring (bicyclic) bond motifs is 1. The van der Waals surface area contributed by atoms with Crippen LogP contribution >= 0.6 is 0 Å². The first-order valence-corrected chi connectivity index (χ1v) is 10.7. The average Bonchev–Trinajstić information content (AvgIpc) is 3.16. The Kier molecular flexibility index (Phi) is 7.90. The minimum atomic E-state index is -4.71. The molecule has 1 amide bonds. The number of hydrogen-bond acceptors (Lipinski definition) is 4. The molecule has 0 saturated heterocycles. The van der Waals surface area contributed by atoms with Gasteiger partial charge in [0.15, 0.2) is 5.78 Å². The number of alkyl halides is 3. The fraction of sp³-hybridized carbons (Fsp3) is 0.417. The highest BCUT2D eigenvalue weighted by molar-refractivity contribution is 5.98. The minimum Gasteiger partial charge on any atom is -0.406 e. The van der Waals surface area contributed by atoms with Crippen LogP contribution in [0.5, 0.6) is 5.75 Å². The zero-order valence-electron chi connectivity index (χ0n) is 18.0. The minimum absolute atomic E-state index is 0.00620. The van der Waals surface area contributed by atoms with Crippen LogP contribution in [0.4, 0.5) is 18.9 Å². The standard InChI is InChI=1S/C24H27F3N2O3/c1-17(30)29-15-12-19-16-20(9-10-21(19)29)22(31)7-4-5-13-28-14-11-18-6-2-3-8-23(18)32-24(25,26)27/h2-3,6,8-10,16,28H,4-5,7,11-15H2,1H3. The molecule has 2 aromatic carbocycles. The van der Waals surface area contributed by atoms with Gasteiger partial charge in [0.05, 0.1) is 0 Å². The van der Waals surface area contributed by atoms with Crippen LogP contribution in [-0.2, 0) is 17.6 Å². The van der Waals surface area contributed by atoms with Crippen molar-refractivity contribution in [2.24, 2.45) is 0 Å². The molecule has 0 radical (unpaired) electrons. The van der Waals surface area contributed by atoms with E-state index in [1.54, 1.807) is 23.1 Å². The van der Waals surface area contributed by atoms with Crippen molar-refractivity contribution in [3.8, 4) is 5.75 Å². The molecule has 0 aromatic heterocycles. The van der Waals surface area contributed by atoms with Gasteiger partial charge in [-0.2, -0.15) is 0 Å². The molecule has 0 unspecified atom stereocenters. The fourth-order valence-electron chi connectivity index (χ4n) is 3.86. The second kappa shape index (κ2) is 10.6. The predicted octanol–water partition coefficient (Wildman–Crippen LogP) is 4.68. The summed E-state index contributed by atoms with van der Waals surface area (Å²) in [6.45, 7) is 3.38. The SMILES string of the molecule is CC(=O)N1CCc2cc(C(=O)CCCCNCCc3ccccc3OC(F)(F)F)ccc21. The number of halogens is 3. The fourth-order valence-corrected chi connectivity index (χ4v) is 3.86. The van der Waals surface area contributed by atoms with E-state index in [1.807, 2.05) is 12.1 Å². The number of carbonyl (C=O) groups excluding carboxylic acids is 2. The van der Waals surface area contributed by atoms with Crippen LogP contribution in [0.1, 0.15) is 47.7 Å². The molecule has 1 N–H and O–H groups in total. The van der Waals surface area contributed by atoms with Crippen LogP contribution < -0.4 is 15.0 Å². The van der Waals surface area contributed by atoms with Crippen LogP contribution in [0.2, 0.25) is 0 Å². The summed E-state index contributed by atoms with van der Waals surface area (Å²) in [7, 11) is 0. The van der Waals surface area contributed by atoms with Crippen LogP contribution in [-0.4, -0.2) is 37.7 Å². The van der Waals surface area contributed by atoms with Gasteiger partial charge in [0, 0.05) is 31.1 Å². The first-order chi connectivity index (χ1) is 15.2. The van der Waals surface area contributed by atoms with E-state index in [9.17, 15) is 22.8 Å². The zero-order valence-corrected chi connectivity index (χ0v) is 18.0. The Morgan fingerprint density at radius 3 is 2.62 bits per heavy atom. The number of ether oxygens (including phenoxy) is 1. The number of nitrogens with zero attached hydrogens (tertiary/aromatic N) is 1. The lowest BCUT2D eigenvalue weighted by molar-refractivity contribution is -0.274. The highest BCUT2D eigenvalue weighted by atomic mass is 19.4. The monoisotopic (exact) mass is 448 g/mol. The molecule has 0 fully saturated rings. The van der Waals surface area contributed by atoms with Gasteiger partial charge in [-0.1, -0.05) is 18.2 Å². The number of hydrogen-bond donors (Lipinski definition) is 1. The summed E-state index contributed by atoms with van der Waals surface area (Å²) in [5.74, 6) is -0.0906. The Bertz CT molecular complexity index is 960. The van der Waals surface area contributed by atoms with E-state index in [4.69, 9.17) is 0 Å². The van der Waals surface area contributed by atoms with Crippen LogP contribution in [0.15, 0.2) is 42.5 Å². The van der Waals surface area contributed by atoms with E-state index < -0.39 is 6.36 Å². The number of nitrogens with one attached hydrogen (secondary N) is 1. The highest BCUT2D eigenvalue weighted by Crippen LogP contribution is 2.29. The van der Waals surface area contributed by atoms with Crippen molar-refractivity contribution in [2.75, 3.05) is 24.5 Å². The third kappa shape index (κ3) is 6.56. The lowest BCUT2D eigenvalue weighted by Gasteiger charge is -2.14. The topological polar surface area (TPSA) is 58.6 Å². The third-order valence-electron chi connectivity index (χ3n) is 5.45. The van der Waals surface area contributed by atoms with E-state index in [-0.39, 0.29) is 17.4 Å². The maximum atomic E-state index is 12.5. The van der Waals surface area contributed by atoms with E-state index in [2.05, 4.69) is 10.1 Å². The molecule has 3 rings (SSSR count). The maximum Gasteiger partial charge on any atom is 0.573 e. The summed E-state index contributed by atoms with van der Waals surface area (Å²) in [5, 5.41) is 3.20. The molecular formula is C24H27F3N2O3. The van der Waals surface area contributed by atoms with Crippen molar-refractivity contribution in [3.63, 3.8) is 0 Å². The van der Waals surface area contributed by atoms with Crippen molar-refractivity contribution in [2.45, 2.75) is 45.4 Å². The van der Waals surface area contributed by atoms with E-state index in [1.165, 1.54) is 19.1 Å². The molecule has 0 saturated carbocycles. The Morgan fingerprint density at radius 2 is 1.88 bits per heavy atom. The molecule has 8 heteroatoms. The second-order valence-corrected chi connectivity index (χ2v) is 7.80. The molecule has 0 spiro atoms. The highest BCUT2D eigenvalue weighted by Gasteiger charge is 2.31. The molecule has 0 bridgehead atoms. The zero-order chi connectivity index (χ0) is 23.1. The van der Waals surface area contributed by atoms with Gasteiger partial charge in [-0.15, -0.1) is 13.2 Å². The molecule has 2 aromatic rings. The van der Waals surface area contributed by atoms with Crippen molar-refractivity contribution in [1.82, 2.24) is 5.32 Å². The van der Waals surface area contributed by atoms with E-state index >= 15 is 0 Å². The summed E-state index contributed by atoms with van der Waals surface area (Å²) in [6, 6.07) is 11.6. The maximum absolute atomic E-state index is 12.5. The van der Waals surface area contributed by atoms with Crippen LogP contribution in [0, 0.1) is 0 Å². The number of rotatable bonds is 10. The number of anilines is 1. The van der Waals surface area contributed by atoms with Gasteiger partial charge in [-0.3, -0.25) is 9.59 Å². The molecule has 0 aliphatic carbocycles. The molecule has 5 nitrogen and oxygen atoms in total. The number of ketones is 1. The number of carbonyl (C=O) groups is 2. The number of amides is 1. The first-order valence-electron chi connectivity index (χ1n) is 10.7. The third-order valence-corrected chi connectivity index (χ3v) is 5.45. The number of para-hydroxylation sites is 1. The Balaban J connectivity index is 1.36. The Hall–Kier alpha value is -2.87. The van der Waals surface area contributed by atoms with Gasteiger partial charge >= 0.3 is 6.36 Å². The smallest absolute Gasteiger partial charge is 0.406 e. The molecule has 0 atom stereocenters. The average molecular weight is 448 g/mol. The Morgan fingerprint density at radius 1 is 1.09 bits per heavy atom.